The van der Waals surface area contributed by atoms with Gasteiger partial charge in [0.2, 0.25) is 5.91 Å². The Hall–Kier alpha value is -0.570. The second-order valence-corrected chi connectivity index (χ2v) is 5.26. The van der Waals surface area contributed by atoms with Gasteiger partial charge in [-0.1, -0.05) is 20.3 Å². The second-order valence-electron chi connectivity index (χ2n) is 5.26. The SMILES string of the molecule is CCCC(C)C(=O)N1CC(O)(C2CC2)C1. The number of nitrogens with zero attached hydrogens (tertiary/aromatic N) is 1. The minimum Gasteiger partial charge on any atom is -0.386 e. The van der Waals surface area contributed by atoms with Gasteiger partial charge >= 0.3 is 0 Å². The Bertz CT molecular complexity index is 254. The van der Waals surface area contributed by atoms with E-state index in [1.165, 1.54) is 0 Å². The van der Waals surface area contributed by atoms with Crippen molar-refractivity contribution in [3.8, 4) is 0 Å². The molecule has 0 bridgehead atoms. The molecule has 3 nitrogen and oxygen atoms in total. The van der Waals surface area contributed by atoms with Crippen LogP contribution in [0.5, 0.6) is 0 Å². The minimum absolute atomic E-state index is 0.124. The number of carbonyl (C=O) groups excluding carboxylic acids is 1. The van der Waals surface area contributed by atoms with Crippen LogP contribution in [0.3, 0.4) is 0 Å². The van der Waals surface area contributed by atoms with E-state index < -0.39 is 5.60 Å². The molecule has 2 fully saturated rings. The van der Waals surface area contributed by atoms with E-state index in [9.17, 15) is 9.90 Å². The molecule has 0 aromatic rings. The van der Waals surface area contributed by atoms with Crippen molar-refractivity contribution < 1.29 is 9.90 Å². The molecule has 1 atom stereocenters. The number of hydrogen-bond donors (Lipinski definition) is 1. The highest BCUT2D eigenvalue weighted by Gasteiger charge is 2.53. The number of likely N-dealkylation sites (tertiary alicyclic amines) is 1. The average Bonchev–Trinajstić information content (AvgIpc) is 2.95. The Morgan fingerprint density at radius 1 is 1.53 bits per heavy atom. The molecule has 0 aromatic heterocycles. The highest BCUT2D eigenvalue weighted by atomic mass is 16.3. The zero-order chi connectivity index (χ0) is 11.1. The molecule has 1 unspecified atom stereocenters. The molecule has 15 heavy (non-hydrogen) atoms. The first-order valence-electron chi connectivity index (χ1n) is 6.08. The van der Waals surface area contributed by atoms with Crippen LogP contribution in [-0.4, -0.2) is 34.6 Å². The van der Waals surface area contributed by atoms with Crippen LogP contribution in [-0.2, 0) is 4.79 Å². The first kappa shape index (κ1) is 10.9. The Kier molecular flexibility index (Phi) is 2.75. The fourth-order valence-corrected chi connectivity index (χ4v) is 2.52. The second kappa shape index (κ2) is 3.78. The summed E-state index contributed by atoms with van der Waals surface area (Å²) in [6, 6.07) is 0. The molecule has 1 aliphatic heterocycles. The lowest BCUT2D eigenvalue weighted by atomic mass is 9.87. The largest absolute Gasteiger partial charge is 0.386 e. The van der Waals surface area contributed by atoms with Gasteiger partial charge in [-0.15, -0.1) is 0 Å². The van der Waals surface area contributed by atoms with Gasteiger partial charge < -0.3 is 10.0 Å². The molecule has 86 valence electrons. The summed E-state index contributed by atoms with van der Waals surface area (Å²) in [4.78, 5) is 13.7. The fraction of sp³-hybridized carbons (Fsp3) is 0.917. The number of carbonyl (C=O) groups is 1. The number of rotatable bonds is 4. The van der Waals surface area contributed by atoms with Crippen LogP contribution < -0.4 is 0 Å². The van der Waals surface area contributed by atoms with Gasteiger partial charge in [-0.25, -0.2) is 0 Å². The van der Waals surface area contributed by atoms with E-state index in [1.807, 2.05) is 11.8 Å². The van der Waals surface area contributed by atoms with Gasteiger partial charge in [0.25, 0.3) is 0 Å². The van der Waals surface area contributed by atoms with Crippen LogP contribution in [0, 0.1) is 11.8 Å². The summed E-state index contributed by atoms with van der Waals surface area (Å²) in [5, 5.41) is 10.1. The van der Waals surface area contributed by atoms with E-state index in [0.29, 0.717) is 19.0 Å². The number of β-amino-alcohol motifs (C(OH)–C–C–N with tert-alkyl or cyclic N) is 1. The molecular formula is C12H21NO2. The van der Waals surface area contributed by atoms with Gasteiger partial charge in [-0.05, 0) is 25.2 Å². The van der Waals surface area contributed by atoms with Crippen LogP contribution in [0.25, 0.3) is 0 Å². The van der Waals surface area contributed by atoms with E-state index in [4.69, 9.17) is 0 Å². The van der Waals surface area contributed by atoms with Gasteiger partial charge in [0, 0.05) is 5.92 Å². The van der Waals surface area contributed by atoms with E-state index in [0.717, 1.165) is 25.7 Å². The fourth-order valence-electron chi connectivity index (χ4n) is 2.52. The third-order valence-corrected chi connectivity index (χ3v) is 3.72. The van der Waals surface area contributed by atoms with E-state index in [-0.39, 0.29) is 11.8 Å². The van der Waals surface area contributed by atoms with Crippen LogP contribution in [0.2, 0.25) is 0 Å². The zero-order valence-corrected chi connectivity index (χ0v) is 9.70. The maximum Gasteiger partial charge on any atom is 0.225 e. The number of hydrogen-bond acceptors (Lipinski definition) is 2. The Morgan fingerprint density at radius 2 is 2.13 bits per heavy atom. The van der Waals surface area contributed by atoms with Crippen molar-refractivity contribution in [1.82, 2.24) is 4.90 Å². The lowest BCUT2D eigenvalue weighted by Gasteiger charge is -2.47. The van der Waals surface area contributed by atoms with E-state index in [1.54, 1.807) is 0 Å². The monoisotopic (exact) mass is 211 g/mol. The molecule has 2 aliphatic rings. The molecule has 1 heterocycles. The summed E-state index contributed by atoms with van der Waals surface area (Å²) in [6.07, 6.45) is 4.29. The summed E-state index contributed by atoms with van der Waals surface area (Å²) in [5.74, 6) is 0.823. The zero-order valence-electron chi connectivity index (χ0n) is 9.70. The predicted octanol–water partition coefficient (Wildman–Crippen LogP) is 1.41. The summed E-state index contributed by atoms with van der Waals surface area (Å²) >= 11 is 0. The molecule has 3 heteroatoms. The van der Waals surface area contributed by atoms with Crippen molar-refractivity contribution in [3.05, 3.63) is 0 Å². The van der Waals surface area contributed by atoms with E-state index >= 15 is 0 Å². The first-order chi connectivity index (χ1) is 7.07. The smallest absolute Gasteiger partial charge is 0.225 e. The lowest BCUT2D eigenvalue weighted by Crippen LogP contribution is -2.65. The van der Waals surface area contributed by atoms with Crippen molar-refractivity contribution in [2.75, 3.05) is 13.1 Å². The minimum atomic E-state index is -0.526. The molecule has 0 radical (unpaired) electrons. The average molecular weight is 211 g/mol. The quantitative estimate of drug-likeness (QED) is 0.763. The number of aliphatic hydroxyl groups is 1. The molecule has 0 aromatic carbocycles. The highest BCUT2D eigenvalue weighted by molar-refractivity contribution is 5.79. The maximum absolute atomic E-state index is 11.9. The third kappa shape index (κ3) is 2.03. The van der Waals surface area contributed by atoms with Crippen LogP contribution in [0.15, 0.2) is 0 Å². The van der Waals surface area contributed by atoms with Gasteiger partial charge in [0.1, 0.15) is 5.60 Å². The molecule has 2 rings (SSSR count). The van der Waals surface area contributed by atoms with Gasteiger partial charge in [0.05, 0.1) is 13.1 Å². The summed E-state index contributed by atoms with van der Waals surface area (Å²) in [5.41, 5.74) is -0.526. The third-order valence-electron chi connectivity index (χ3n) is 3.72. The van der Waals surface area contributed by atoms with Crippen LogP contribution in [0.4, 0.5) is 0 Å². The molecule has 1 N–H and O–H groups in total. The topological polar surface area (TPSA) is 40.5 Å². The Balaban J connectivity index is 1.80. The van der Waals surface area contributed by atoms with Crippen molar-refractivity contribution >= 4 is 5.91 Å². The van der Waals surface area contributed by atoms with Crippen molar-refractivity contribution in [3.63, 3.8) is 0 Å². The van der Waals surface area contributed by atoms with Gasteiger partial charge in [-0.3, -0.25) is 4.79 Å². The van der Waals surface area contributed by atoms with Gasteiger partial charge in [0.15, 0.2) is 0 Å². The lowest BCUT2D eigenvalue weighted by molar-refractivity contribution is -0.163. The summed E-state index contributed by atoms with van der Waals surface area (Å²) in [6.45, 7) is 5.23. The molecule has 1 aliphatic carbocycles. The molecule has 1 saturated heterocycles. The summed E-state index contributed by atoms with van der Waals surface area (Å²) in [7, 11) is 0. The Morgan fingerprint density at radius 3 is 2.60 bits per heavy atom. The van der Waals surface area contributed by atoms with Crippen molar-refractivity contribution in [1.29, 1.82) is 0 Å². The van der Waals surface area contributed by atoms with Crippen LogP contribution in [0.1, 0.15) is 39.5 Å². The molecular weight excluding hydrogens is 190 g/mol. The Labute approximate surface area is 91.5 Å². The number of amides is 1. The first-order valence-corrected chi connectivity index (χ1v) is 6.08. The van der Waals surface area contributed by atoms with Crippen molar-refractivity contribution in [2.24, 2.45) is 11.8 Å². The van der Waals surface area contributed by atoms with Crippen LogP contribution >= 0.6 is 0 Å². The van der Waals surface area contributed by atoms with E-state index in [2.05, 4.69) is 6.92 Å². The normalized spacial score (nSPS) is 25.9. The molecule has 0 spiro atoms. The molecule has 1 saturated carbocycles. The summed E-state index contributed by atoms with van der Waals surface area (Å²) < 4.78 is 0. The predicted molar refractivity (Wildman–Crippen MR) is 58.3 cm³/mol. The van der Waals surface area contributed by atoms with Crippen molar-refractivity contribution in [2.45, 2.75) is 45.1 Å². The highest BCUT2D eigenvalue weighted by Crippen LogP contribution is 2.44. The van der Waals surface area contributed by atoms with Gasteiger partial charge in [-0.2, -0.15) is 0 Å². The standard InChI is InChI=1S/C12H21NO2/c1-3-4-9(2)11(14)13-7-12(15,8-13)10-5-6-10/h9-10,15H,3-8H2,1-2H3. The maximum atomic E-state index is 11.9. The molecule has 1 amide bonds.